The molecule has 1 N–H and O–H groups in total. The number of nitrogens with zero attached hydrogens (tertiary/aromatic N) is 2. The molecule has 0 aromatic rings. The van der Waals surface area contributed by atoms with Crippen molar-refractivity contribution in [2.24, 2.45) is 0 Å². The number of hydrazine groups is 1. The van der Waals surface area contributed by atoms with Gasteiger partial charge in [0.2, 0.25) is 0 Å². The lowest BCUT2D eigenvalue weighted by Crippen LogP contribution is -2.48. The Hall–Kier alpha value is -0.590. The molecule has 1 aliphatic rings. The quantitative estimate of drug-likeness (QED) is 0.640. The lowest BCUT2D eigenvalue weighted by molar-refractivity contribution is 0.107. The van der Waals surface area contributed by atoms with Gasteiger partial charge >= 0.3 is 0 Å². The van der Waals surface area contributed by atoms with Crippen LogP contribution in [0.2, 0.25) is 0 Å². The fourth-order valence-electron chi connectivity index (χ4n) is 1.33. The highest BCUT2D eigenvalue weighted by atomic mass is 15.5. The highest BCUT2D eigenvalue weighted by Gasteiger charge is 2.14. The summed E-state index contributed by atoms with van der Waals surface area (Å²) >= 11 is 0. The van der Waals surface area contributed by atoms with Crippen LogP contribution in [0.25, 0.3) is 0 Å². The third-order valence-electron chi connectivity index (χ3n) is 2.06. The molecule has 0 amide bonds. The zero-order chi connectivity index (χ0) is 8.10. The number of nitrogens with one attached hydrogen (secondary N) is 1. The second-order valence-electron chi connectivity index (χ2n) is 3.02. The van der Waals surface area contributed by atoms with Gasteiger partial charge in [0.1, 0.15) is 0 Å². The molecule has 62 valence electrons. The summed E-state index contributed by atoms with van der Waals surface area (Å²) in [6.07, 6.45) is 3.13. The predicted molar refractivity (Wildman–Crippen MR) is 43.6 cm³/mol. The van der Waals surface area contributed by atoms with Crippen LogP contribution in [0.15, 0.2) is 0 Å². The van der Waals surface area contributed by atoms with E-state index < -0.39 is 0 Å². The van der Waals surface area contributed by atoms with E-state index >= 15 is 0 Å². The lowest BCUT2D eigenvalue weighted by atomic mass is 10.2. The molecule has 0 aliphatic carbocycles. The van der Waals surface area contributed by atoms with Crippen molar-refractivity contribution >= 4 is 0 Å². The lowest BCUT2D eigenvalue weighted by Gasteiger charge is -2.31. The first kappa shape index (κ1) is 8.51. The molecule has 0 radical (unpaired) electrons. The van der Waals surface area contributed by atoms with Gasteiger partial charge in [-0.1, -0.05) is 0 Å². The minimum atomic E-state index is 0.361. The van der Waals surface area contributed by atoms with E-state index in [1.807, 2.05) is 0 Å². The van der Waals surface area contributed by atoms with Crippen LogP contribution in [0.5, 0.6) is 0 Å². The van der Waals surface area contributed by atoms with Gasteiger partial charge in [0.25, 0.3) is 0 Å². The van der Waals surface area contributed by atoms with Crippen molar-refractivity contribution in [2.75, 3.05) is 13.1 Å². The van der Waals surface area contributed by atoms with Crippen molar-refractivity contribution in [1.82, 2.24) is 10.4 Å². The first-order valence-corrected chi connectivity index (χ1v) is 4.21. The summed E-state index contributed by atoms with van der Waals surface area (Å²) in [4.78, 5) is 0. The van der Waals surface area contributed by atoms with E-state index in [9.17, 15) is 0 Å². The maximum absolute atomic E-state index is 8.46. The van der Waals surface area contributed by atoms with Gasteiger partial charge in [-0.05, 0) is 19.8 Å². The molecule has 1 saturated heterocycles. The molecule has 0 saturated carbocycles. The van der Waals surface area contributed by atoms with Crippen LogP contribution in [0.3, 0.4) is 0 Å². The van der Waals surface area contributed by atoms with E-state index in [0.29, 0.717) is 12.5 Å². The van der Waals surface area contributed by atoms with Gasteiger partial charge in [0, 0.05) is 19.1 Å². The SMILES string of the molecule is CC(CC#N)N1CCCCN1. The Bertz CT molecular complexity index is 144. The van der Waals surface area contributed by atoms with Crippen LogP contribution in [0, 0.1) is 11.3 Å². The molecular weight excluding hydrogens is 138 g/mol. The summed E-state index contributed by atoms with van der Waals surface area (Å²) in [5, 5.41) is 10.6. The smallest absolute Gasteiger partial charge is 0.0638 e. The molecule has 1 unspecified atom stereocenters. The van der Waals surface area contributed by atoms with E-state index in [2.05, 4.69) is 23.4 Å². The number of nitriles is 1. The minimum Gasteiger partial charge on any atom is -0.255 e. The summed E-state index contributed by atoms with van der Waals surface area (Å²) in [5.41, 5.74) is 3.29. The zero-order valence-corrected chi connectivity index (χ0v) is 7.01. The summed E-state index contributed by atoms with van der Waals surface area (Å²) in [7, 11) is 0. The Kier molecular flexibility index (Phi) is 3.34. The van der Waals surface area contributed by atoms with Gasteiger partial charge in [0.05, 0.1) is 12.5 Å². The normalized spacial score (nSPS) is 22.5. The van der Waals surface area contributed by atoms with Gasteiger partial charge in [0.15, 0.2) is 0 Å². The topological polar surface area (TPSA) is 39.1 Å². The molecule has 1 fully saturated rings. The maximum atomic E-state index is 8.46. The summed E-state index contributed by atoms with van der Waals surface area (Å²) < 4.78 is 0. The third-order valence-corrected chi connectivity index (χ3v) is 2.06. The predicted octanol–water partition coefficient (Wildman–Crippen LogP) is 0.889. The first-order chi connectivity index (χ1) is 5.34. The molecular formula is C8H15N3. The standard InChI is InChI=1S/C8H15N3/c1-8(4-5-9)11-7-3-2-6-10-11/h8,10H,2-4,6-7H2,1H3. The van der Waals surface area contributed by atoms with Crippen LogP contribution >= 0.6 is 0 Å². The molecule has 0 aromatic heterocycles. The van der Waals surface area contributed by atoms with Crippen LogP contribution in [0.4, 0.5) is 0 Å². The molecule has 0 spiro atoms. The van der Waals surface area contributed by atoms with Crippen molar-refractivity contribution in [2.45, 2.75) is 32.2 Å². The maximum Gasteiger partial charge on any atom is 0.0638 e. The summed E-state index contributed by atoms with van der Waals surface area (Å²) in [5.74, 6) is 0. The van der Waals surface area contributed by atoms with Crippen molar-refractivity contribution in [3.8, 4) is 6.07 Å². The number of hydrogen-bond donors (Lipinski definition) is 1. The molecule has 1 rings (SSSR count). The van der Waals surface area contributed by atoms with Gasteiger partial charge in [-0.15, -0.1) is 0 Å². The Morgan fingerprint density at radius 3 is 3.00 bits per heavy atom. The van der Waals surface area contributed by atoms with E-state index in [1.54, 1.807) is 0 Å². The van der Waals surface area contributed by atoms with Gasteiger partial charge < -0.3 is 0 Å². The van der Waals surface area contributed by atoms with Crippen molar-refractivity contribution in [3.05, 3.63) is 0 Å². The van der Waals surface area contributed by atoms with Crippen molar-refractivity contribution in [1.29, 1.82) is 5.26 Å². The number of hydrogen-bond acceptors (Lipinski definition) is 3. The molecule has 3 nitrogen and oxygen atoms in total. The third kappa shape index (κ3) is 2.49. The second kappa shape index (κ2) is 4.32. The largest absolute Gasteiger partial charge is 0.255 e. The van der Waals surface area contributed by atoms with Crippen molar-refractivity contribution < 1.29 is 0 Å². The summed E-state index contributed by atoms with van der Waals surface area (Å²) in [6.45, 7) is 4.24. The van der Waals surface area contributed by atoms with E-state index in [1.165, 1.54) is 12.8 Å². The highest BCUT2D eigenvalue weighted by Crippen LogP contribution is 2.05. The molecule has 3 heteroatoms. The van der Waals surface area contributed by atoms with Gasteiger partial charge in [-0.2, -0.15) is 5.26 Å². The Balaban J connectivity index is 2.27. The Morgan fingerprint density at radius 2 is 2.45 bits per heavy atom. The van der Waals surface area contributed by atoms with Crippen LogP contribution in [-0.4, -0.2) is 24.1 Å². The average molecular weight is 153 g/mol. The van der Waals surface area contributed by atoms with Crippen molar-refractivity contribution in [3.63, 3.8) is 0 Å². The molecule has 1 heterocycles. The summed E-state index contributed by atoms with van der Waals surface area (Å²) in [6, 6.07) is 2.54. The van der Waals surface area contributed by atoms with E-state index in [-0.39, 0.29) is 0 Å². The molecule has 0 bridgehead atoms. The molecule has 1 aliphatic heterocycles. The van der Waals surface area contributed by atoms with Crippen LogP contribution in [0.1, 0.15) is 26.2 Å². The van der Waals surface area contributed by atoms with E-state index in [4.69, 9.17) is 5.26 Å². The van der Waals surface area contributed by atoms with Gasteiger partial charge in [-0.25, -0.2) is 5.01 Å². The highest BCUT2D eigenvalue weighted by molar-refractivity contribution is 4.79. The van der Waals surface area contributed by atoms with E-state index in [0.717, 1.165) is 13.1 Å². The number of rotatable bonds is 2. The molecule has 11 heavy (non-hydrogen) atoms. The Morgan fingerprint density at radius 1 is 1.64 bits per heavy atom. The average Bonchev–Trinajstić information content (AvgIpc) is 2.07. The molecule has 0 aromatic carbocycles. The second-order valence-corrected chi connectivity index (χ2v) is 3.02. The minimum absolute atomic E-state index is 0.361. The zero-order valence-electron chi connectivity index (χ0n) is 7.01. The monoisotopic (exact) mass is 153 g/mol. The first-order valence-electron chi connectivity index (χ1n) is 4.21. The van der Waals surface area contributed by atoms with Gasteiger partial charge in [-0.3, -0.25) is 5.43 Å². The Labute approximate surface area is 68.0 Å². The fourth-order valence-corrected chi connectivity index (χ4v) is 1.33. The van der Waals surface area contributed by atoms with Crippen LogP contribution in [-0.2, 0) is 0 Å². The van der Waals surface area contributed by atoms with Crippen LogP contribution < -0.4 is 5.43 Å². The fraction of sp³-hybridized carbons (Fsp3) is 0.875. The molecule has 1 atom stereocenters.